The third-order valence-electron chi connectivity index (χ3n) is 4.20. The molecule has 100 valence electrons. The number of hydrogen-bond acceptors (Lipinski definition) is 4. The van der Waals surface area contributed by atoms with E-state index in [2.05, 4.69) is 12.2 Å². The van der Waals surface area contributed by atoms with E-state index in [0.717, 1.165) is 52.0 Å². The summed E-state index contributed by atoms with van der Waals surface area (Å²) in [6.45, 7) is 6.39. The van der Waals surface area contributed by atoms with Crippen LogP contribution in [0.1, 0.15) is 39.0 Å². The van der Waals surface area contributed by atoms with Gasteiger partial charge in [-0.3, -0.25) is 0 Å². The van der Waals surface area contributed by atoms with E-state index in [9.17, 15) is 0 Å². The van der Waals surface area contributed by atoms with Gasteiger partial charge in [0, 0.05) is 38.4 Å². The second kappa shape index (κ2) is 5.65. The van der Waals surface area contributed by atoms with Crippen molar-refractivity contribution in [1.82, 2.24) is 5.32 Å². The van der Waals surface area contributed by atoms with Gasteiger partial charge in [0.1, 0.15) is 0 Å². The zero-order chi connectivity index (χ0) is 12.2. The van der Waals surface area contributed by atoms with Gasteiger partial charge in [0.15, 0.2) is 0 Å². The number of nitrogens with one attached hydrogen (secondary N) is 1. The lowest BCUT2D eigenvalue weighted by atomic mass is 9.89. The Labute approximate surface area is 104 Å². The van der Waals surface area contributed by atoms with E-state index in [0.29, 0.717) is 6.54 Å². The van der Waals surface area contributed by atoms with Crippen molar-refractivity contribution in [1.29, 1.82) is 0 Å². The molecule has 2 rings (SSSR count). The van der Waals surface area contributed by atoms with Gasteiger partial charge in [0.05, 0.1) is 5.60 Å². The van der Waals surface area contributed by atoms with Crippen LogP contribution >= 0.6 is 0 Å². The number of ether oxygens (including phenoxy) is 2. The summed E-state index contributed by atoms with van der Waals surface area (Å²) < 4.78 is 11.3. The predicted molar refractivity (Wildman–Crippen MR) is 68.0 cm³/mol. The van der Waals surface area contributed by atoms with Crippen molar-refractivity contribution >= 4 is 0 Å². The summed E-state index contributed by atoms with van der Waals surface area (Å²) in [5.74, 6) is 0. The fourth-order valence-corrected chi connectivity index (χ4v) is 2.81. The Morgan fingerprint density at radius 3 is 2.65 bits per heavy atom. The van der Waals surface area contributed by atoms with Crippen LogP contribution in [0.3, 0.4) is 0 Å². The van der Waals surface area contributed by atoms with Crippen molar-refractivity contribution in [2.75, 3.05) is 32.9 Å². The van der Waals surface area contributed by atoms with Crippen LogP contribution in [0.2, 0.25) is 0 Å². The van der Waals surface area contributed by atoms with Crippen molar-refractivity contribution < 1.29 is 9.47 Å². The minimum atomic E-state index is 0.00926. The van der Waals surface area contributed by atoms with Crippen LogP contribution in [0, 0.1) is 0 Å². The van der Waals surface area contributed by atoms with Crippen LogP contribution in [0.5, 0.6) is 0 Å². The maximum atomic E-state index is 5.98. The van der Waals surface area contributed by atoms with E-state index in [4.69, 9.17) is 15.2 Å². The summed E-state index contributed by atoms with van der Waals surface area (Å²) in [5.41, 5.74) is 6.05. The van der Waals surface area contributed by atoms with Gasteiger partial charge in [-0.15, -0.1) is 0 Å². The van der Waals surface area contributed by atoms with Gasteiger partial charge < -0.3 is 20.5 Å². The number of nitrogens with two attached hydrogens (primary N) is 1. The molecular formula is C13H26N2O2. The Kier molecular flexibility index (Phi) is 4.42. The quantitative estimate of drug-likeness (QED) is 0.773. The zero-order valence-corrected chi connectivity index (χ0v) is 11.0. The highest BCUT2D eigenvalue weighted by Gasteiger charge is 2.35. The first-order valence-corrected chi connectivity index (χ1v) is 6.85. The molecule has 2 heterocycles. The fraction of sp³-hybridized carbons (Fsp3) is 1.00. The monoisotopic (exact) mass is 242 g/mol. The lowest BCUT2D eigenvalue weighted by Gasteiger charge is -2.36. The summed E-state index contributed by atoms with van der Waals surface area (Å²) >= 11 is 0. The first-order chi connectivity index (χ1) is 8.18. The fourth-order valence-electron chi connectivity index (χ4n) is 2.81. The molecular weight excluding hydrogens is 216 g/mol. The molecule has 2 aliphatic heterocycles. The summed E-state index contributed by atoms with van der Waals surface area (Å²) in [6.07, 6.45) is 5.55. The van der Waals surface area contributed by atoms with E-state index < -0.39 is 0 Å². The van der Waals surface area contributed by atoms with Crippen molar-refractivity contribution in [3.05, 3.63) is 0 Å². The topological polar surface area (TPSA) is 56.5 Å². The largest absolute Gasteiger partial charge is 0.381 e. The molecule has 2 aliphatic rings. The molecule has 0 aromatic carbocycles. The van der Waals surface area contributed by atoms with Gasteiger partial charge in [-0.25, -0.2) is 0 Å². The molecule has 17 heavy (non-hydrogen) atoms. The molecule has 0 aromatic heterocycles. The summed E-state index contributed by atoms with van der Waals surface area (Å²) in [6, 6.07) is 0. The summed E-state index contributed by atoms with van der Waals surface area (Å²) in [7, 11) is 0. The summed E-state index contributed by atoms with van der Waals surface area (Å²) in [5, 5.41) is 3.68. The van der Waals surface area contributed by atoms with Crippen molar-refractivity contribution in [3.8, 4) is 0 Å². The summed E-state index contributed by atoms with van der Waals surface area (Å²) in [4.78, 5) is 0. The number of rotatable bonds is 4. The van der Waals surface area contributed by atoms with E-state index in [-0.39, 0.29) is 11.1 Å². The molecule has 0 amide bonds. The molecule has 2 atom stereocenters. The van der Waals surface area contributed by atoms with E-state index in [1.165, 1.54) is 6.42 Å². The second-order valence-corrected chi connectivity index (χ2v) is 5.71. The van der Waals surface area contributed by atoms with Crippen LogP contribution in [-0.4, -0.2) is 44.1 Å². The van der Waals surface area contributed by atoms with Gasteiger partial charge >= 0.3 is 0 Å². The molecule has 2 fully saturated rings. The van der Waals surface area contributed by atoms with Crippen LogP contribution in [0.15, 0.2) is 0 Å². The number of hydrogen-bond donors (Lipinski definition) is 2. The average molecular weight is 242 g/mol. The van der Waals surface area contributed by atoms with Gasteiger partial charge in [0.25, 0.3) is 0 Å². The van der Waals surface area contributed by atoms with Crippen LogP contribution in [0.4, 0.5) is 0 Å². The van der Waals surface area contributed by atoms with Crippen molar-refractivity contribution in [3.63, 3.8) is 0 Å². The Morgan fingerprint density at radius 2 is 1.94 bits per heavy atom. The molecule has 4 nitrogen and oxygen atoms in total. The Hall–Kier alpha value is -0.160. The Bertz CT molecular complexity index is 232. The van der Waals surface area contributed by atoms with Gasteiger partial charge in [-0.05, 0) is 39.0 Å². The lowest BCUT2D eigenvalue weighted by Crippen LogP contribution is -2.55. The second-order valence-electron chi connectivity index (χ2n) is 5.71. The third-order valence-corrected chi connectivity index (χ3v) is 4.20. The first-order valence-electron chi connectivity index (χ1n) is 6.85. The highest BCUT2D eigenvalue weighted by atomic mass is 16.5. The minimum absolute atomic E-state index is 0.00926. The highest BCUT2D eigenvalue weighted by molar-refractivity contribution is 4.94. The minimum Gasteiger partial charge on any atom is -0.381 e. The average Bonchev–Trinajstić information content (AvgIpc) is 2.65. The maximum absolute atomic E-state index is 5.98. The molecule has 2 unspecified atom stereocenters. The standard InChI is InChI=1S/C13H26N2O2/c1-12(4-2-8-17-12)11-15-13(10-14)5-3-7-16-9-6-13/h15H,2-11,14H2,1H3. The normalized spacial score (nSPS) is 39.2. The van der Waals surface area contributed by atoms with Crippen molar-refractivity contribution in [2.45, 2.75) is 50.2 Å². The molecule has 4 heteroatoms. The van der Waals surface area contributed by atoms with Gasteiger partial charge in [0.2, 0.25) is 0 Å². The van der Waals surface area contributed by atoms with E-state index in [1.807, 2.05) is 0 Å². The van der Waals surface area contributed by atoms with Crippen molar-refractivity contribution in [2.24, 2.45) is 5.73 Å². The van der Waals surface area contributed by atoms with Gasteiger partial charge in [-0.1, -0.05) is 0 Å². The Morgan fingerprint density at radius 1 is 1.12 bits per heavy atom. The molecule has 0 saturated carbocycles. The van der Waals surface area contributed by atoms with Crippen LogP contribution < -0.4 is 11.1 Å². The molecule has 0 aromatic rings. The smallest absolute Gasteiger partial charge is 0.0779 e. The van der Waals surface area contributed by atoms with Crippen LogP contribution in [-0.2, 0) is 9.47 Å². The molecule has 0 bridgehead atoms. The molecule has 0 spiro atoms. The highest BCUT2D eigenvalue weighted by Crippen LogP contribution is 2.27. The SMILES string of the molecule is CC1(CNC2(CN)CCCOCC2)CCCO1. The van der Waals surface area contributed by atoms with Crippen LogP contribution in [0.25, 0.3) is 0 Å². The molecule has 3 N–H and O–H groups in total. The lowest BCUT2D eigenvalue weighted by molar-refractivity contribution is 0.0130. The predicted octanol–water partition coefficient (Wildman–Crippen LogP) is 1.04. The van der Waals surface area contributed by atoms with Gasteiger partial charge in [-0.2, -0.15) is 0 Å². The molecule has 0 radical (unpaired) electrons. The Balaban J connectivity index is 1.89. The first kappa shape index (κ1) is 13.3. The maximum Gasteiger partial charge on any atom is 0.0779 e. The van der Waals surface area contributed by atoms with E-state index in [1.54, 1.807) is 0 Å². The third kappa shape index (κ3) is 3.41. The zero-order valence-electron chi connectivity index (χ0n) is 11.0. The molecule has 2 saturated heterocycles. The van der Waals surface area contributed by atoms with E-state index >= 15 is 0 Å². The molecule has 0 aliphatic carbocycles.